The quantitative estimate of drug-likeness (QED) is 0.752. The number of rotatable bonds is 5. The minimum atomic E-state index is -0.258. The number of nitrogens with zero attached hydrogens (tertiary/aromatic N) is 2. The topological polar surface area (TPSA) is 79.9 Å². The Morgan fingerprint density at radius 2 is 2.00 bits per heavy atom. The van der Waals surface area contributed by atoms with Gasteiger partial charge in [0, 0.05) is 0 Å². The van der Waals surface area contributed by atoms with Crippen molar-refractivity contribution in [1.29, 1.82) is 0 Å². The first-order chi connectivity index (χ1) is 11.2. The van der Waals surface area contributed by atoms with Gasteiger partial charge in [0.25, 0.3) is 5.56 Å². The van der Waals surface area contributed by atoms with E-state index in [9.17, 15) is 4.79 Å². The molecule has 1 aromatic carbocycles. The summed E-state index contributed by atoms with van der Waals surface area (Å²) in [5.41, 5.74) is 1.13. The number of aromatic nitrogens is 3. The Morgan fingerprint density at radius 3 is 2.61 bits per heavy atom. The molecule has 1 atom stereocenters. The number of hydrogen-bond acceptors (Lipinski definition) is 6. The van der Waals surface area contributed by atoms with Gasteiger partial charge in [0.05, 0.1) is 18.0 Å². The molecule has 7 heteroatoms. The molecule has 0 saturated heterocycles. The highest BCUT2D eigenvalue weighted by Crippen LogP contribution is 2.21. The molecule has 6 nitrogen and oxygen atoms in total. The monoisotopic (exact) mass is 328 g/mol. The van der Waals surface area contributed by atoms with Crippen LogP contribution in [0.15, 0.2) is 46.6 Å². The molecule has 0 radical (unpaired) electrons. The number of hydrogen-bond donors (Lipinski definition) is 2. The molecule has 0 spiro atoms. The largest absolute Gasteiger partial charge is 0.497 e. The fraction of sp³-hybridized carbons (Fsp3) is 0.188. The summed E-state index contributed by atoms with van der Waals surface area (Å²) < 4.78 is 5.14. The smallest absolute Gasteiger partial charge is 0.279 e. The summed E-state index contributed by atoms with van der Waals surface area (Å²) in [5.74, 6) is 1.15. The van der Waals surface area contributed by atoms with Gasteiger partial charge >= 0.3 is 0 Å². The summed E-state index contributed by atoms with van der Waals surface area (Å²) in [6.07, 6.45) is 0. The van der Waals surface area contributed by atoms with Crippen molar-refractivity contribution in [1.82, 2.24) is 15.2 Å². The number of ether oxygens (including phenoxy) is 1. The van der Waals surface area contributed by atoms with Gasteiger partial charge in [-0.15, -0.1) is 21.5 Å². The Balaban J connectivity index is 1.77. The summed E-state index contributed by atoms with van der Waals surface area (Å²) in [6.45, 7) is 1.98. The van der Waals surface area contributed by atoms with Gasteiger partial charge in [0.1, 0.15) is 5.75 Å². The average Bonchev–Trinajstić information content (AvgIpc) is 3.09. The minimum Gasteiger partial charge on any atom is -0.497 e. The van der Waals surface area contributed by atoms with E-state index in [0.717, 1.165) is 16.2 Å². The van der Waals surface area contributed by atoms with E-state index < -0.39 is 0 Å². The van der Waals surface area contributed by atoms with Crippen LogP contribution >= 0.6 is 11.3 Å². The molecule has 23 heavy (non-hydrogen) atoms. The molecule has 118 valence electrons. The second-order valence-corrected chi connectivity index (χ2v) is 5.92. The van der Waals surface area contributed by atoms with Crippen LogP contribution in [0.5, 0.6) is 5.75 Å². The van der Waals surface area contributed by atoms with Crippen LogP contribution in [0.25, 0.3) is 10.6 Å². The molecule has 0 saturated carbocycles. The maximum atomic E-state index is 12.1. The van der Waals surface area contributed by atoms with Crippen LogP contribution in [-0.2, 0) is 0 Å². The van der Waals surface area contributed by atoms with Crippen LogP contribution in [0.1, 0.15) is 18.5 Å². The lowest BCUT2D eigenvalue weighted by Crippen LogP contribution is -2.18. The van der Waals surface area contributed by atoms with E-state index >= 15 is 0 Å². The highest BCUT2D eigenvalue weighted by atomic mass is 32.1. The van der Waals surface area contributed by atoms with Crippen LogP contribution in [0, 0.1) is 0 Å². The zero-order valence-corrected chi connectivity index (χ0v) is 13.6. The number of nitrogens with one attached hydrogen (secondary N) is 2. The molecule has 2 heterocycles. The highest BCUT2D eigenvalue weighted by Gasteiger charge is 2.11. The summed E-state index contributed by atoms with van der Waals surface area (Å²) in [7, 11) is 1.63. The first-order valence-electron chi connectivity index (χ1n) is 7.08. The standard InChI is InChI=1S/C16H16N4O2S/c1-10(11-5-7-12(22-2)8-6-11)17-16-18-15(21)14(19-20-16)13-4-3-9-23-13/h3-10H,1-2H3,(H2,17,18,20,21). The van der Waals surface area contributed by atoms with Crippen molar-refractivity contribution in [3.05, 3.63) is 57.7 Å². The zero-order chi connectivity index (χ0) is 16.2. The summed E-state index contributed by atoms with van der Waals surface area (Å²) >= 11 is 1.46. The third kappa shape index (κ3) is 3.40. The Bertz CT molecular complexity index is 828. The third-order valence-electron chi connectivity index (χ3n) is 3.42. The van der Waals surface area contributed by atoms with Crippen molar-refractivity contribution >= 4 is 17.3 Å². The molecule has 0 amide bonds. The molecule has 2 N–H and O–H groups in total. The lowest BCUT2D eigenvalue weighted by Gasteiger charge is -2.14. The van der Waals surface area contributed by atoms with Gasteiger partial charge in [-0.25, -0.2) is 0 Å². The number of benzene rings is 1. The summed E-state index contributed by atoms with van der Waals surface area (Å²) in [5, 5.41) is 13.1. The molecule has 3 rings (SSSR count). The molecule has 0 aliphatic carbocycles. The second kappa shape index (κ2) is 6.62. The van der Waals surface area contributed by atoms with Gasteiger partial charge in [-0.3, -0.25) is 9.78 Å². The molecule has 0 bridgehead atoms. The van der Waals surface area contributed by atoms with Gasteiger partial charge in [-0.05, 0) is 36.1 Å². The molecule has 0 fully saturated rings. The van der Waals surface area contributed by atoms with Crippen molar-refractivity contribution in [3.63, 3.8) is 0 Å². The minimum absolute atomic E-state index is 0.0292. The second-order valence-electron chi connectivity index (χ2n) is 4.97. The lowest BCUT2D eigenvalue weighted by molar-refractivity contribution is 0.414. The molecule has 3 aromatic rings. The van der Waals surface area contributed by atoms with Crippen molar-refractivity contribution in [2.75, 3.05) is 12.4 Å². The molecule has 1 unspecified atom stereocenters. The Hall–Kier alpha value is -2.67. The van der Waals surface area contributed by atoms with E-state index in [0.29, 0.717) is 11.6 Å². The molecular weight excluding hydrogens is 312 g/mol. The first kappa shape index (κ1) is 15.2. The maximum Gasteiger partial charge on any atom is 0.279 e. The number of aromatic amines is 1. The van der Waals surface area contributed by atoms with Crippen LogP contribution in [0.2, 0.25) is 0 Å². The van der Waals surface area contributed by atoms with Crippen molar-refractivity contribution < 1.29 is 4.74 Å². The maximum absolute atomic E-state index is 12.1. The van der Waals surface area contributed by atoms with E-state index in [-0.39, 0.29) is 11.6 Å². The van der Waals surface area contributed by atoms with Crippen LogP contribution in [0.3, 0.4) is 0 Å². The van der Waals surface area contributed by atoms with Gasteiger partial charge < -0.3 is 10.1 Å². The summed E-state index contributed by atoms with van der Waals surface area (Å²) in [6, 6.07) is 11.4. The molecule has 0 aliphatic heterocycles. The third-order valence-corrected chi connectivity index (χ3v) is 4.30. The van der Waals surface area contributed by atoms with Crippen molar-refractivity contribution in [2.24, 2.45) is 0 Å². The van der Waals surface area contributed by atoms with Gasteiger partial charge in [0.2, 0.25) is 5.95 Å². The SMILES string of the molecule is COc1ccc(C(C)Nc2nnc(-c3cccs3)c(=O)[nH]2)cc1. The van der Waals surface area contributed by atoms with Crippen LogP contribution in [-0.4, -0.2) is 22.3 Å². The number of anilines is 1. The van der Waals surface area contributed by atoms with E-state index in [2.05, 4.69) is 20.5 Å². The normalized spacial score (nSPS) is 11.9. The van der Waals surface area contributed by atoms with Gasteiger partial charge in [-0.2, -0.15) is 0 Å². The van der Waals surface area contributed by atoms with Crippen LogP contribution < -0.4 is 15.6 Å². The highest BCUT2D eigenvalue weighted by molar-refractivity contribution is 7.13. The predicted molar refractivity (Wildman–Crippen MR) is 91.0 cm³/mol. The van der Waals surface area contributed by atoms with E-state index in [1.807, 2.05) is 48.7 Å². The van der Waals surface area contributed by atoms with E-state index in [4.69, 9.17) is 4.74 Å². The number of thiophene rings is 1. The van der Waals surface area contributed by atoms with E-state index in [1.54, 1.807) is 7.11 Å². The average molecular weight is 328 g/mol. The van der Waals surface area contributed by atoms with Crippen LogP contribution in [0.4, 0.5) is 5.95 Å². The zero-order valence-electron chi connectivity index (χ0n) is 12.7. The number of methoxy groups -OCH3 is 1. The van der Waals surface area contributed by atoms with Gasteiger partial charge in [0.15, 0.2) is 5.69 Å². The fourth-order valence-electron chi connectivity index (χ4n) is 2.16. The summed E-state index contributed by atoms with van der Waals surface area (Å²) in [4.78, 5) is 15.7. The lowest BCUT2D eigenvalue weighted by atomic mass is 10.1. The molecule has 0 aliphatic rings. The molecular formula is C16H16N4O2S. The molecule has 2 aromatic heterocycles. The fourth-order valence-corrected chi connectivity index (χ4v) is 2.86. The van der Waals surface area contributed by atoms with Crippen molar-refractivity contribution in [3.8, 4) is 16.3 Å². The van der Waals surface area contributed by atoms with Gasteiger partial charge in [-0.1, -0.05) is 18.2 Å². The Kier molecular flexibility index (Phi) is 4.38. The van der Waals surface area contributed by atoms with Crippen molar-refractivity contribution in [2.45, 2.75) is 13.0 Å². The van der Waals surface area contributed by atoms with E-state index in [1.165, 1.54) is 11.3 Å². The Morgan fingerprint density at radius 1 is 1.22 bits per heavy atom. The Labute approximate surface area is 137 Å². The number of H-pyrrole nitrogens is 1. The first-order valence-corrected chi connectivity index (χ1v) is 7.96. The predicted octanol–water partition coefficient (Wildman–Crippen LogP) is 3.08.